The zero-order chi connectivity index (χ0) is 18.5. The van der Waals surface area contributed by atoms with Crippen LogP contribution in [0.25, 0.3) is 5.69 Å². The second-order valence-electron chi connectivity index (χ2n) is 6.89. The Hall–Kier alpha value is -2.02. The van der Waals surface area contributed by atoms with Crippen LogP contribution in [0.2, 0.25) is 0 Å². The van der Waals surface area contributed by atoms with Crippen molar-refractivity contribution in [2.45, 2.75) is 44.3 Å². The molecule has 1 N–H and O–H groups in total. The Labute approximate surface area is 158 Å². The molecule has 26 heavy (non-hydrogen) atoms. The van der Waals surface area contributed by atoms with Gasteiger partial charge in [-0.05, 0) is 30.4 Å². The topological polar surface area (TPSA) is 69.0 Å². The summed E-state index contributed by atoms with van der Waals surface area (Å²) in [7, 11) is 1.63. The van der Waals surface area contributed by atoms with Crippen molar-refractivity contribution in [3.05, 3.63) is 30.6 Å². The lowest BCUT2D eigenvalue weighted by Crippen LogP contribution is -2.44. The maximum absolute atomic E-state index is 12.4. The van der Waals surface area contributed by atoms with E-state index in [2.05, 4.69) is 29.4 Å². The molecule has 1 amide bonds. The van der Waals surface area contributed by atoms with Crippen LogP contribution in [0.5, 0.6) is 5.75 Å². The highest BCUT2D eigenvalue weighted by Crippen LogP contribution is 2.30. The van der Waals surface area contributed by atoms with E-state index in [1.165, 1.54) is 24.6 Å². The van der Waals surface area contributed by atoms with Crippen molar-refractivity contribution in [1.82, 2.24) is 20.1 Å². The van der Waals surface area contributed by atoms with E-state index in [1.54, 1.807) is 13.4 Å². The summed E-state index contributed by atoms with van der Waals surface area (Å²) in [5, 5.41) is 12.0. The first kappa shape index (κ1) is 18.8. The molecular weight excluding hydrogens is 348 g/mol. The quantitative estimate of drug-likeness (QED) is 0.786. The zero-order valence-corrected chi connectivity index (χ0v) is 16.3. The standard InChI is InChI=1S/C19H26N4O2S/c1-13-7-6-8-15(14(13)2)21-18(24)11-26-19-22-20-12-23(19)16-9-4-5-10-17(16)25-3/h4-5,9-10,12-15H,6-8,11H2,1-3H3,(H,21,24)/t13-,14+,15-/m1/s1. The molecule has 0 unspecified atom stereocenters. The fourth-order valence-corrected chi connectivity index (χ4v) is 4.21. The van der Waals surface area contributed by atoms with Gasteiger partial charge >= 0.3 is 0 Å². The Morgan fingerprint density at radius 1 is 1.35 bits per heavy atom. The first-order valence-electron chi connectivity index (χ1n) is 9.05. The van der Waals surface area contributed by atoms with Crippen molar-refractivity contribution in [3.8, 4) is 11.4 Å². The minimum atomic E-state index is 0.0514. The van der Waals surface area contributed by atoms with Crippen molar-refractivity contribution in [2.75, 3.05) is 12.9 Å². The third-order valence-electron chi connectivity index (χ3n) is 5.25. The van der Waals surface area contributed by atoms with Gasteiger partial charge in [0.25, 0.3) is 0 Å². The number of benzene rings is 1. The first-order valence-corrected chi connectivity index (χ1v) is 10.0. The second kappa shape index (κ2) is 8.58. The Bertz CT molecular complexity index is 749. The van der Waals surface area contributed by atoms with Gasteiger partial charge in [0.2, 0.25) is 5.91 Å². The van der Waals surface area contributed by atoms with E-state index in [9.17, 15) is 4.79 Å². The van der Waals surface area contributed by atoms with Crippen LogP contribution in [-0.4, -0.2) is 39.6 Å². The van der Waals surface area contributed by atoms with Crippen molar-refractivity contribution in [1.29, 1.82) is 0 Å². The molecule has 1 saturated carbocycles. The van der Waals surface area contributed by atoms with Crippen LogP contribution in [-0.2, 0) is 4.79 Å². The van der Waals surface area contributed by atoms with Gasteiger partial charge in [0, 0.05) is 6.04 Å². The molecule has 7 heteroatoms. The van der Waals surface area contributed by atoms with Gasteiger partial charge in [0.1, 0.15) is 12.1 Å². The Morgan fingerprint density at radius 3 is 2.96 bits per heavy atom. The Balaban J connectivity index is 1.62. The van der Waals surface area contributed by atoms with Crippen LogP contribution in [0.1, 0.15) is 33.1 Å². The van der Waals surface area contributed by atoms with Crippen molar-refractivity contribution in [2.24, 2.45) is 11.8 Å². The number of rotatable bonds is 6. The molecule has 3 rings (SSSR count). The third-order valence-corrected chi connectivity index (χ3v) is 6.19. The number of ether oxygens (including phenoxy) is 1. The molecule has 140 valence electrons. The highest BCUT2D eigenvalue weighted by Gasteiger charge is 2.28. The van der Waals surface area contributed by atoms with Gasteiger partial charge in [0.05, 0.1) is 18.6 Å². The number of hydrogen-bond donors (Lipinski definition) is 1. The molecule has 0 bridgehead atoms. The lowest BCUT2D eigenvalue weighted by Gasteiger charge is -2.34. The van der Waals surface area contributed by atoms with Gasteiger partial charge in [0.15, 0.2) is 5.16 Å². The number of para-hydroxylation sites is 2. The highest BCUT2D eigenvalue weighted by atomic mass is 32.2. The summed E-state index contributed by atoms with van der Waals surface area (Å²) >= 11 is 1.39. The third kappa shape index (κ3) is 4.20. The molecule has 0 saturated heterocycles. The van der Waals surface area contributed by atoms with Crippen LogP contribution >= 0.6 is 11.8 Å². The second-order valence-corrected chi connectivity index (χ2v) is 7.83. The lowest BCUT2D eigenvalue weighted by molar-refractivity contribution is -0.120. The molecule has 0 aliphatic heterocycles. The van der Waals surface area contributed by atoms with Gasteiger partial charge in [-0.1, -0.05) is 50.6 Å². The number of nitrogens with zero attached hydrogens (tertiary/aromatic N) is 3. The summed E-state index contributed by atoms with van der Waals surface area (Å²) in [5.41, 5.74) is 0.859. The first-order chi connectivity index (χ1) is 12.6. The van der Waals surface area contributed by atoms with E-state index in [0.717, 1.165) is 17.9 Å². The number of methoxy groups -OCH3 is 1. The van der Waals surface area contributed by atoms with Crippen molar-refractivity contribution < 1.29 is 9.53 Å². The predicted molar refractivity (Wildman–Crippen MR) is 103 cm³/mol. The molecule has 1 aliphatic rings. The number of hydrogen-bond acceptors (Lipinski definition) is 5. The fourth-order valence-electron chi connectivity index (χ4n) is 3.48. The maximum Gasteiger partial charge on any atom is 0.230 e. The highest BCUT2D eigenvalue weighted by molar-refractivity contribution is 7.99. The molecule has 6 nitrogen and oxygen atoms in total. The number of amides is 1. The monoisotopic (exact) mass is 374 g/mol. The molecule has 1 aliphatic carbocycles. The van der Waals surface area contributed by atoms with Gasteiger partial charge < -0.3 is 10.1 Å². The van der Waals surface area contributed by atoms with E-state index in [-0.39, 0.29) is 11.9 Å². The summed E-state index contributed by atoms with van der Waals surface area (Å²) < 4.78 is 7.26. The summed E-state index contributed by atoms with van der Waals surface area (Å²) in [6.07, 6.45) is 5.15. The van der Waals surface area contributed by atoms with Gasteiger partial charge in [-0.15, -0.1) is 10.2 Å². The lowest BCUT2D eigenvalue weighted by atomic mass is 9.78. The molecule has 3 atom stereocenters. The summed E-state index contributed by atoms with van der Waals surface area (Å²) in [5.74, 6) is 2.30. The summed E-state index contributed by atoms with van der Waals surface area (Å²) in [6.45, 7) is 4.51. The van der Waals surface area contributed by atoms with Crippen LogP contribution in [0.4, 0.5) is 0 Å². The largest absolute Gasteiger partial charge is 0.495 e. The van der Waals surface area contributed by atoms with E-state index in [4.69, 9.17) is 4.74 Å². The average Bonchev–Trinajstić information content (AvgIpc) is 3.12. The number of aromatic nitrogens is 3. The normalized spacial score (nSPS) is 22.8. The Morgan fingerprint density at radius 2 is 2.15 bits per heavy atom. The molecule has 2 aromatic rings. The van der Waals surface area contributed by atoms with E-state index in [0.29, 0.717) is 22.7 Å². The average molecular weight is 375 g/mol. The molecule has 0 spiro atoms. The maximum atomic E-state index is 12.4. The predicted octanol–water partition coefficient (Wildman–Crippen LogP) is 3.31. The van der Waals surface area contributed by atoms with Crippen LogP contribution in [0.3, 0.4) is 0 Å². The summed E-state index contributed by atoms with van der Waals surface area (Å²) in [6, 6.07) is 7.96. The number of carbonyl (C=O) groups excluding carboxylic acids is 1. The summed E-state index contributed by atoms with van der Waals surface area (Å²) in [4.78, 5) is 12.4. The molecule has 1 heterocycles. The number of thioether (sulfide) groups is 1. The van der Waals surface area contributed by atoms with Crippen LogP contribution in [0, 0.1) is 11.8 Å². The molecule has 0 radical (unpaired) electrons. The van der Waals surface area contributed by atoms with Crippen molar-refractivity contribution >= 4 is 17.7 Å². The van der Waals surface area contributed by atoms with E-state index >= 15 is 0 Å². The van der Waals surface area contributed by atoms with Crippen LogP contribution < -0.4 is 10.1 Å². The van der Waals surface area contributed by atoms with Gasteiger partial charge in [-0.2, -0.15) is 0 Å². The molecule has 1 aromatic carbocycles. The minimum Gasteiger partial charge on any atom is -0.495 e. The number of nitrogens with one attached hydrogen (secondary N) is 1. The SMILES string of the molecule is COc1ccccc1-n1cnnc1SCC(=O)N[C@@H]1CCC[C@@H](C)[C@@H]1C. The zero-order valence-electron chi connectivity index (χ0n) is 15.5. The van der Waals surface area contributed by atoms with E-state index < -0.39 is 0 Å². The van der Waals surface area contributed by atoms with Crippen molar-refractivity contribution in [3.63, 3.8) is 0 Å². The van der Waals surface area contributed by atoms with Gasteiger partial charge in [-0.3, -0.25) is 9.36 Å². The van der Waals surface area contributed by atoms with E-state index in [1.807, 2.05) is 28.8 Å². The molecular formula is C19H26N4O2S. The fraction of sp³-hybridized carbons (Fsp3) is 0.526. The van der Waals surface area contributed by atoms with Gasteiger partial charge in [-0.25, -0.2) is 0 Å². The molecule has 1 fully saturated rings. The van der Waals surface area contributed by atoms with Crippen LogP contribution in [0.15, 0.2) is 35.7 Å². The number of carbonyl (C=O) groups is 1. The Kier molecular flexibility index (Phi) is 6.19. The molecule has 1 aromatic heterocycles. The smallest absolute Gasteiger partial charge is 0.230 e. The minimum absolute atomic E-state index is 0.0514.